The topological polar surface area (TPSA) is 107 Å². The number of carbonyl (C=O) groups is 1. The average Bonchev–Trinajstić information content (AvgIpc) is 3.23. The second kappa shape index (κ2) is 9.05. The Bertz CT molecular complexity index is 1180. The molecule has 32 heavy (non-hydrogen) atoms. The first kappa shape index (κ1) is 21.9. The summed E-state index contributed by atoms with van der Waals surface area (Å²) in [6, 6.07) is 8.78. The van der Waals surface area contributed by atoms with Crippen molar-refractivity contribution in [2.75, 3.05) is 18.8 Å². The number of hydrogen-bond donors (Lipinski definition) is 2. The minimum atomic E-state index is -0.764. The Labute approximate surface area is 188 Å². The number of aromatic nitrogens is 2. The van der Waals surface area contributed by atoms with Crippen molar-refractivity contribution in [2.45, 2.75) is 19.1 Å². The van der Waals surface area contributed by atoms with Gasteiger partial charge in [0.1, 0.15) is 18.2 Å². The zero-order chi connectivity index (χ0) is 22.8. The van der Waals surface area contributed by atoms with Crippen LogP contribution in [0.2, 0.25) is 5.02 Å². The lowest BCUT2D eigenvalue weighted by Gasteiger charge is -2.16. The van der Waals surface area contributed by atoms with Crippen molar-refractivity contribution in [3.63, 3.8) is 0 Å². The van der Waals surface area contributed by atoms with Gasteiger partial charge in [-0.1, -0.05) is 23.7 Å². The number of hydrogen-bond acceptors (Lipinski definition) is 6. The summed E-state index contributed by atoms with van der Waals surface area (Å²) in [5, 5.41) is -0.375. The number of amides is 1. The molecule has 0 bridgehead atoms. The first-order valence-corrected chi connectivity index (χ1v) is 10.2. The van der Waals surface area contributed by atoms with Crippen molar-refractivity contribution in [1.29, 1.82) is 0 Å². The number of likely N-dealkylation sites (tertiary alicyclic amines) is 1. The third-order valence-corrected chi connectivity index (χ3v) is 5.59. The van der Waals surface area contributed by atoms with Gasteiger partial charge in [0.15, 0.2) is 5.82 Å². The molecule has 1 atom stereocenters. The van der Waals surface area contributed by atoms with Gasteiger partial charge in [0.25, 0.3) is 11.8 Å². The van der Waals surface area contributed by atoms with E-state index >= 15 is 0 Å². The van der Waals surface area contributed by atoms with Crippen LogP contribution in [0.4, 0.5) is 14.6 Å². The van der Waals surface area contributed by atoms with Gasteiger partial charge in [-0.3, -0.25) is 4.79 Å². The van der Waals surface area contributed by atoms with Crippen LogP contribution in [0, 0.1) is 11.6 Å². The highest BCUT2D eigenvalue weighted by molar-refractivity contribution is 6.31. The highest BCUT2D eigenvalue weighted by Gasteiger charge is 2.24. The fraction of sp³-hybridized carbons (Fsp3) is 0.227. The number of benzene rings is 2. The van der Waals surface area contributed by atoms with Gasteiger partial charge in [0.05, 0.1) is 16.9 Å². The number of halogens is 3. The molecule has 0 radical (unpaired) electrons. The third-order valence-electron chi connectivity index (χ3n) is 5.18. The van der Waals surface area contributed by atoms with Crippen molar-refractivity contribution in [1.82, 2.24) is 14.9 Å². The van der Waals surface area contributed by atoms with E-state index in [1.54, 1.807) is 29.2 Å². The summed E-state index contributed by atoms with van der Waals surface area (Å²) in [7, 11) is 0. The number of nitrogen functional groups attached to an aromatic ring is 1. The van der Waals surface area contributed by atoms with Crippen molar-refractivity contribution in [3.05, 3.63) is 70.4 Å². The van der Waals surface area contributed by atoms with Crippen molar-refractivity contribution >= 4 is 23.3 Å². The molecule has 1 aliphatic rings. The van der Waals surface area contributed by atoms with Crippen molar-refractivity contribution < 1.29 is 18.3 Å². The maximum absolute atomic E-state index is 14.0. The van der Waals surface area contributed by atoms with Crippen LogP contribution in [-0.4, -0.2) is 39.9 Å². The van der Waals surface area contributed by atoms with Crippen LogP contribution in [0.15, 0.2) is 42.6 Å². The number of nitrogens with zero attached hydrogens (tertiary/aromatic N) is 3. The van der Waals surface area contributed by atoms with E-state index in [4.69, 9.17) is 27.8 Å². The quantitative estimate of drug-likeness (QED) is 0.566. The highest BCUT2D eigenvalue weighted by Crippen LogP contribution is 2.27. The predicted molar refractivity (Wildman–Crippen MR) is 116 cm³/mol. The SMILES string of the molecule is Nc1ncc(-c2cccc(C(=O)N3CC[C@@H](N)C3)c2)nc1OCc1c(F)ccc(F)c1Cl. The molecular weight excluding hydrogens is 440 g/mol. The van der Waals surface area contributed by atoms with Gasteiger partial charge >= 0.3 is 0 Å². The Morgan fingerprint density at radius 1 is 1.25 bits per heavy atom. The summed E-state index contributed by atoms with van der Waals surface area (Å²) < 4.78 is 33.1. The molecule has 1 fully saturated rings. The smallest absolute Gasteiger partial charge is 0.258 e. The standard InChI is InChI=1S/C22H20ClF2N5O2/c23-19-15(16(24)4-5-17(19)25)11-32-21-20(27)28-9-18(29-21)12-2-1-3-13(8-12)22(31)30-7-6-14(26)10-30/h1-5,8-9,14H,6-7,10-11,26H2,(H2,27,28)/t14-/m1/s1. The molecule has 1 aliphatic heterocycles. The molecular formula is C22H20ClF2N5O2. The Hall–Kier alpha value is -3.30. The van der Waals surface area contributed by atoms with E-state index in [9.17, 15) is 13.6 Å². The lowest BCUT2D eigenvalue weighted by atomic mass is 10.1. The summed E-state index contributed by atoms with van der Waals surface area (Å²) in [4.78, 5) is 22.9. The van der Waals surface area contributed by atoms with Crippen LogP contribution in [0.3, 0.4) is 0 Å². The molecule has 2 aromatic carbocycles. The van der Waals surface area contributed by atoms with E-state index in [0.717, 1.165) is 18.6 Å². The molecule has 1 saturated heterocycles. The van der Waals surface area contributed by atoms with Gasteiger partial charge in [-0.2, -0.15) is 0 Å². The first-order valence-electron chi connectivity index (χ1n) is 9.86. The van der Waals surface area contributed by atoms with E-state index in [1.165, 1.54) is 6.20 Å². The van der Waals surface area contributed by atoms with Gasteiger partial charge < -0.3 is 21.1 Å². The van der Waals surface area contributed by atoms with Crippen LogP contribution in [0.1, 0.15) is 22.3 Å². The van der Waals surface area contributed by atoms with Gasteiger partial charge in [0, 0.05) is 35.8 Å². The maximum Gasteiger partial charge on any atom is 0.258 e. The lowest BCUT2D eigenvalue weighted by molar-refractivity contribution is 0.0791. The second-order valence-electron chi connectivity index (χ2n) is 7.44. The minimum Gasteiger partial charge on any atom is -0.470 e. The molecule has 166 valence electrons. The van der Waals surface area contributed by atoms with E-state index in [2.05, 4.69) is 9.97 Å². The van der Waals surface area contributed by atoms with Crippen molar-refractivity contribution in [3.8, 4) is 17.1 Å². The number of anilines is 1. The molecule has 0 unspecified atom stereocenters. The Kier molecular flexibility index (Phi) is 6.20. The normalized spacial score (nSPS) is 15.8. The fourth-order valence-electron chi connectivity index (χ4n) is 3.43. The molecule has 4 N–H and O–H groups in total. The van der Waals surface area contributed by atoms with E-state index in [-0.39, 0.29) is 34.2 Å². The molecule has 0 aliphatic carbocycles. The molecule has 1 amide bonds. The molecule has 7 nitrogen and oxygen atoms in total. The van der Waals surface area contributed by atoms with Crippen LogP contribution in [-0.2, 0) is 6.61 Å². The zero-order valence-electron chi connectivity index (χ0n) is 16.9. The van der Waals surface area contributed by atoms with Crippen LogP contribution in [0.5, 0.6) is 5.88 Å². The maximum atomic E-state index is 14.0. The minimum absolute atomic E-state index is 0.0127. The number of ether oxygens (including phenoxy) is 1. The third kappa shape index (κ3) is 4.49. The molecule has 1 aromatic heterocycles. The molecule has 0 spiro atoms. The van der Waals surface area contributed by atoms with Crippen LogP contribution < -0.4 is 16.2 Å². The van der Waals surface area contributed by atoms with Crippen LogP contribution in [0.25, 0.3) is 11.3 Å². The van der Waals surface area contributed by atoms with Crippen LogP contribution >= 0.6 is 11.6 Å². The van der Waals surface area contributed by atoms with Gasteiger partial charge in [-0.15, -0.1) is 0 Å². The predicted octanol–water partition coefficient (Wildman–Crippen LogP) is 3.41. The number of nitrogens with two attached hydrogens (primary N) is 2. The van der Waals surface area contributed by atoms with E-state index < -0.39 is 18.2 Å². The molecule has 2 heterocycles. The number of carbonyl (C=O) groups excluding carboxylic acids is 1. The summed E-state index contributed by atoms with van der Waals surface area (Å²) in [5.74, 6) is -1.69. The molecule has 10 heteroatoms. The molecule has 3 aromatic rings. The monoisotopic (exact) mass is 459 g/mol. The molecule has 0 saturated carbocycles. The van der Waals surface area contributed by atoms with Gasteiger partial charge in [0.2, 0.25) is 0 Å². The zero-order valence-corrected chi connectivity index (χ0v) is 17.6. The fourth-order valence-corrected chi connectivity index (χ4v) is 3.64. The lowest BCUT2D eigenvalue weighted by Crippen LogP contribution is -2.31. The average molecular weight is 460 g/mol. The molecule has 4 rings (SSSR count). The Morgan fingerprint density at radius 3 is 2.78 bits per heavy atom. The largest absolute Gasteiger partial charge is 0.470 e. The van der Waals surface area contributed by atoms with Gasteiger partial charge in [-0.05, 0) is 30.7 Å². The summed E-state index contributed by atoms with van der Waals surface area (Å²) in [6.45, 7) is 0.740. The summed E-state index contributed by atoms with van der Waals surface area (Å²) >= 11 is 5.84. The van der Waals surface area contributed by atoms with E-state index in [1.807, 2.05) is 0 Å². The second-order valence-corrected chi connectivity index (χ2v) is 7.81. The Morgan fingerprint density at radius 2 is 2.03 bits per heavy atom. The van der Waals surface area contributed by atoms with E-state index in [0.29, 0.717) is 29.9 Å². The highest BCUT2D eigenvalue weighted by atomic mass is 35.5. The summed E-state index contributed by atoms with van der Waals surface area (Å²) in [6.07, 6.45) is 2.21. The number of rotatable bonds is 5. The van der Waals surface area contributed by atoms with Gasteiger partial charge in [-0.25, -0.2) is 18.7 Å². The Balaban J connectivity index is 1.57. The first-order chi connectivity index (χ1) is 15.3. The summed E-state index contributed by atoms with van der Waals surface area (Å²) in [5.41, 5.74) is 13.1. The van der Waals surface area contributed by atoms with Crippen molar-refractivity contribution in [2.24, 2.45) is 5.73 Å².